The monoisotopic (exact) mass is 179 g/mol. The van der Waals surface area contributed by atoms with Gasteiger partial charge in [0.2, 0.25) is 0 Å². The Kier molecular flexibility index (Phi) is 3.25. The molecule has 0 spiro atoms. The van der Waals surface area contributed by atoms with E-state index in [1.54, 1.807) is 6.20 Å². The van der Waals surface area contributed by atoms with Gasteiger partial charge in [0.1, 0.15) is 5.82 Å². The molecule has 1 aromatic rings. The second kappa shape index (κ2) is 4.23. The predicted octanol–water partition coefficient (Wildman–Crippen LogP) is 1.71. The lowest BCUT2D eigenvalue weighted by Crippen LogP contribution is -2.15. The van der Waals surface area contributed by atoms with Crippen LogP contribution in [0.3, 0.4) is 0 Å². The lowest BCUT2D eigenvalue weighted by Gasteiger charge is -2.15. The first-order valence-corrected chi connectivity index (χ1v) is 4.57. The van der Waals surface area contributed by atoms with E-state index >= 15 is 0 Å². The Bertz CT molecular complexity index is 271. The van der Waals surface area contributed by atoms with Crippen LogP contribution in [0.25, 0.3) is 0 Å². The van der Waals surface area contributed by atoms with E-state index in [4.69, 9.17) is 11.5 Å². The van der Waals surface area contributed by atoms with Crippen molar-refractivity contribution in [2.75, 3.05) is 5.73 Å². The number of rotatable bonds is 3. The Balaban J connectivity index is 2.76. The van der Waals surface area contributed by atoms with Crippen molar-refractivity contribution in [3.63, 3.8) is 0 Å². The number of hydrogen-bond donors (Lipinski definition) is 2. The van der Waals surface area contributed by atoms with Crippen LogP contribution in [0.4, 0.5) is 5.82 Å². The van der Waals surface area contributed by atoms with Crippen molar-refractivity contribution in [1.29, 1.82) is 0 Å². The lowest BCUT2D eigenvalue weighted by atomic mass is 9.98. The van der Waals surface area contributed by atoms with Crippen LogP contribution in [-0.2, 0) is 0 Å². The maximum Gasteiger partial charge on any atom is 0.128 e. The highest BCUT2D eigenvalue weighted by Crippen LogP contribution is 2.21. The normalized spacial score (nSPS) is 13.2. The first-order valence-electron chi connectivity index (χ1n) is 4.57. The average Bonchev–Trinajstić information content (AvgIpc) is 2.03. The molecule has 3 nitrogen and oxygen atoms in total. The van der Waals surface area contributed by atoms with Crippen LogP contribution in [0.15, 0.2) is 18.3 Å². The average molecular weight is 179 g/mol. The summed E-state index contributed by atoms with van der Waals surface area (Å²) in [6.45, 7) is 4.29. The van der Waals surface area contributed by atoms with Crippen LogP contribution in [0, 0.1) is 5.92 Å². The quantitative estimate of drug-likeness (QED) is 0.742. The molecule has 0 aliphatic carbocycles. The molecule has 0 aliphatic heterocycles. The van der Waals surface area contributed by atoms with E-state index in [0.29, 0.717) is 11.7 Å². The Labute approximate surface area is 79.2 Å². The van der Waals surface area contributed by atoms with Crippen molar-refractivity contribution < 1.29 is 0 Å². The minimum Gasteiger partial charge on any atom is -0.383 e. The molecule has 1 rings (SSSR count). The molecule has 0 unspecified atom stereocenters. The second-order valence-corrected chi connectivity index (χ2v) is 3.71. The molecule has 0 saturated heterocycles. The maximum absolute atomic E-state index is 5.98. The zero-order valence-electron chi connectivity index (χ0n) is 8.20. The van der Waals surface area contributed by atoms with E-state index in [9.17, 15) is 0 Å². The third-order valence-corrected chi connectivity index (χ3v) is 2.00. The number of nitrogens with two attached hydrogens (primary N) is 2. The van der Waals surface area contributed by atoms with Crippen LogP contribution in [0.1, 0.15) is 31.9 Å². The summed E-state index contributed by atoms with van der Waals surface area (Å²) in [5, 5.41) is 0. The molecule has 0 aromatic carbocycles. The van der Waals surface area contributed by atoms with Gasteiger partial charge in [-0.2, -0.15) is 0 Å². The molecule has 0 aliphatic rings. The fourth-order valence-corrected chi connectivity index (χ4v) is 1.38. The molecule has 0 amide bonds. The molecule has 3 heteroatoms. The van der Waals surface area contributed by atoms with E-state index < -0.39 is 0 Å². The molecule has 0 bridgehead atoms. The number of aromatic nitrogens is 1. The molecule has 1 atom stereocenters. The van der Waals surface area contributed by atoms with Gasteiger partial charge in [-0.25, -0.2) is 4.98 Å². The van der Waals surface area contributed by atoms with Gasteiger partial charge in [0, 0.05) is 17.8 Å². The molecule has 0 fully saturated rings. The van der Waals surface area contributed by atoms with E-state index in [-0.39, 0.29) is 6.04 Å². The summed E-state index contributed by atoms with van der Waals surface area (Å²) >= 11 is 0. The zero-order valence-corrected chi connectivity index (χ0v) is 8.20. The van der Waals surface area contributed by atoms with E-state index in [1.807, 2.05) is 12.1 Å². The molecule has 1 aromatic heterocycles. The topological polar surface area (TPSA) is 64.9 Å². The molecule has 13 heavy (non-hydrogen) atoms. The molecular weight excluding hydrogens is 162 g/mol. The minimum atomic E-state index is 0.00806. The van der Waals surface area contributed by atoms with Gasteiger partial charge in [0.05, 0.1) is 0 Å². The summed E-state index contributed by atoms with van der Waals surface area (Å²) in [5.74, 6) is 1.13. The van der Waals surface area contributed by atoms with E-state index in [0.717, 1.165) is 12.0 Å². The highest BCUT2D eigenvalue weighted by Gasteiger charge is 2.10. The van der Waals surface area contributed by atoms with E-state index in [1.165, 1.54) is 0 Å². The summed E-state index contributed by atoms with van der Waals surface area (Å²) in [6, 6.07) is 3.81. The summed E-state index contributed by atoms with van der Waals surface area (Å²) in [7, 11) is 0. The van der Waals surface area contributed by atoms with Gasteiger partial charge in [0.25, 0.3) is 0 Å². The van der Waals surface area contributed by atoms with Crippen LogP contribution < -0.4 is 11.5 Å². The summed E-state index contributed by atoms with van der Waals surface area (Å²) < 4.78 is 0. The second-order valence-electron chi connectivity index (χ2n) is 3.71. The Hall–Kier alpha value is -1.09. The zero-order chi connectivity index (χ0) is 9.84. The van der Waals surface area contributed by atoms with Gasteiger partial charge in [-0.05, 0) is 18.4 Å². The first kappa shape index (κ1) is 9.99. The fourth-order valence-electron chi connectivity index (χ4n) is 1.38. The number of nitrogen functional groups attached to an aromatic ring is 1. The third kappa shape index (κ3) is 2.70. The number of nitrogens with zero attached hydrogens (tertiary/aromatic N) is 1. The van der Waals surface area contributed by atoms with Crippen molar-refractivity contribution in [2.45, 2.75) is 26.3 Å². The number of hydrogen-bond acceptors (Lipinski definition) is 3. The van der Waals surface area contributed by atoms with E-state index in [2.05, 4.69) is 18.8 Å². The summed E-state index contributed by atoms with van der Waals surface area (Å²) in [5.41, 5.74) is 12.6. The lowest BCUT2D eigenvalue weighted by molar-refractivity contribution is 0.510. The van der Waals surface area contributed by atoms with Gasteiger partial charge >= 0.3 is 0 Å². The Morgan fingerprint density at radius 2 is 2.15 bits per heavy atom. The van der Waals surface area contributed by atoms with Crippen molar-refractivity contribution in [3.05, 3.63) is 23.9 Å². The molecule has 0 radical (unpaired) electrons. The smallest absolute Gasteiger partial charge is 0.128 e. The Morgan fingerprint density at radius 3 is 2.69 bits per heavy atom. The number of pyridine rings is 1. The number of anilines is 1. The highest BCUT2D eigenvalue weighted by atomic mass is 14.8. The SMILES string of the molecule is CC(C)C[C@H](N)c1cccnc1N. The van der Waals surface area contributed by atoms with Crippen molar-refractivity contribution in [2.24, 2.45) is 11.7 Å². The van der Waals surface area contributed by atoms with Gasteiger partial charge in [-0.15, -0.1) is 0 Å². The predicted molar refractivity (Wildman–Crippen MR) is 55.0 cm³/mol. The molecule has 0 saturated carbocycles. The standard InChI is InChI=1S/C10H17N3/c1-7(2)6-9(11)8-4-3-5-13-10(8)12/h3-5,7,9H,6,11H2,1-2H3,(H2,12,13)/t9-/m0/s1. The molecular formula is C10H17N3. The third-order valence-electron chi connectivity index (χ3n) is 2.00. The van der Waals surface area contributed by atoms with Gasteiger partial charge < -0.3 is 11.5 Å². The largest absolute Gasteiger partial charge is 0.383 e. The minimum absolute atomic E-state index is 0.00806. The maximum atomic E-state index is 5.98. The first-order chi connectivity index (χ1) is 6.11. The molecule has 1 heterocycles. The summed E-state index contributed by atoms with van der Waals surface area (Å²) in [6.07, 6.45) is 2.62. The van der Waals surface area contributed by atoms with Gasteiger partial charge in [-0.1, -0.05) is 19.9 Å². The molecule has 72 valence electrons. The van der Waals surface area contributed by atoms with Crippen LogP contribution in [0.2, 0.25) is 0 Å². The highest BCUT2D eigenvalue weighted by molar-refractivity contribution is 5.40. The van der Waals surface area contributed by atoms with Crippen LogP contribution in [-0.4, -0.2) is 4.98 Å². The molecule has 4 N–H and O–H groups in total. The Morgan fingerprint density at radius 1 is 1.46 bits per heavy atom. The summed E-state index contributed by atoms with van der Waals surface area (Å²) in [4.78, 5) is 4.01. The van der Waals surface area contributed by atoms with Crippen LogP contribution >= 0.6 is 0 Å². The fraction of sp³-hybridized carbons (Fsp3) is 0.500. The van der Waals surface area contributed by atoms with Crippen molar-refractivity contribution >= 4 is 5.82 Å². The van der Waals surface area contributed by atoms with Crippen molar-refractivity contribution in [1.82, 2.24) is 4.98 Å². The van der Waals surface area contributed by atoms with Crippen LogP contribution in [0.5, 0.6) is 0 Å². The van der Waals surface area contributed by atoms with Gasteiger partial charge in [-0.3, -0.25) is 0 Å². The van der Waals surface area contributed by atoms with Gasteiger partial charge in [0.15, 0.2) is 0 Å². The van der Waals surface area contributed by atoms with Crippen molar-refractivity contribution in [3.8, 4) is 0 Å².